The lowest BCUT2D eigenvalue weighted by Gasteiger charge is -2.50. The summed E-state index contributed by atoms with van der Waals surface area (Å²) in [5, 5.41) is 12.6. The van der Waals surface area contributed by atoms with Crippen LogP contribution in [-0.2, 0) is 33.3 Å². The van der Waals surface area contributed by atoms with Gasteiger partial charge in [-0.15, -0.1) is 0 Å². The minimum atomic E-state index is -4.69. The van der Waals surface area contributed by atoms with Crippen molar-refractivity contribution in [3.05, 3.63) is 174 Å². The number of hydrogen-bond acceptors (Lipinski definition) is 10. The van der Waals surface area contributed by atoms with Crippen molar-refractivity contribution in [3.8, 4) is 17.0 Å². The number of piperazine rings is 1. The Kier molecular flexibility index (Phi) is 14.5. The number of ether oxygens (including phenoxy) is 3. The van der Waals surface area contributed by atoms with Gasteiger partial charge in [-0.2, -0.15) is 23.4 Å². The van der Waals surface area contributed by atoms with Gasteiger partial charge >= 0.3 is 12.2 Å². The zero-order chi connectivity index (χ0) is 55.1. The molecule has 2 N–H and O–H groups in total. The van der Waals surface area contributed by atoms with Gasteiger partial charge in [0.25, 0.3) is 5.91 Å². The van der Waals surface area contributed by atoms with Gasteiger partial charge in [-0.25, -0.2) is 32.0 Å². The molecule has 5 aromatic carbocycles. The molecule has 0 spiro atoms. The predicted octanol–water partition coefficient (Wildman–Crippen LogP) is 9.92. The summed E-state index contributed by atoms with van der Waals surface area (Å²) in [4.78, 5) is 40.5. The predicted molar refractivity (Wildman–Crippen MR) is 275 cm³/mol. The molecule has 2 aromatic heterocycles. The molecule has 0 bridgehead atoms. The number of nitrogens with one attached hydrogen (secondary N) is 2. The van der Waals surface area contributed by atoms with E-state index in [1.807, 2.05) is 81.3 Å². The van der Waals surface area contributed by atoms with Crippen LogP contribution in [0.5, 0.6) is 5.75 Å². The Balaban J connectivity index is 0.785. The number of H-pyrrole nitrogens is 1. The zero-order valence-electron chi connectivity index (χ0n) is 42.9. The highest BCUT2D eigenvalue weighted by molar-refractivity contribution is 5.97. The minimum Gasteiger partial charge on any atom is -0.488 e. The van der Waals surface area contributed by atoms with Crippen molar-refractivity contribution < 1.29 is 54.5 Å². The van der Waals surface area contributed by atoms with E-state index in [2.05, 4.69) is 30.3 Å². The molecule has 3 fully saturated rings. The molecule has 3 amide bonds. The van der Waals surface area contributed by atoms with E-state index in [-0.39, 0.29) is 55.7 Å². The molecule has 3 aliphatic heterocycles. The van der Waals surface area contributed by atoms with Gasteiger partial charge in [0.1, 0.15) is 59.6 Å². The number of carbonyl (C=O) groups is 2. The van der Waals surface area contributed by atoms with E-state index in [4.69, 9.17) is 14.2 Å². The Hall–Kier alpha value is -7.98. The molecule has 78 heavy (non-hydrogen) atoms. The Morgan fingerprint density at radius 3 is 2.09 bits per heavy atom. The Bertz CT molecular complexity index is 3260. The maximum Gasteiger partial charge on any atom is 0.432 e. The van der Waals surface area contributed by atoms with E-state index in [0.29, 0.717) is 43.2 Å². The van der Waals surface area contributed by atoms with Gasteiger partial charge < -0.3 is 34.2 Å². The fraction of sp³-hybridized carbons (Fsp3) is 0.339. The van der Waals surface area contributed by atoms with Crippen molar-refractivity contribution in [2.75, 3.05) is 67.2 Å². The van der Waals surface area contributed by atoms with Crippen LogP contribution in [0.1, 0.15) is 54.9 Å². The molecule has 22 heteroatoms. The quantitative estimate of drug-likeness (QED) is 0.0897. The maximum atomic E-state index is 15.3. The highest BCUT2D eigenvalue weighted by atomic mass is 19.4. The molecule has 3 saturated heterocycles. The Morgan fingerprint density at radius 2 is 1.47 bits per heavy atom. The topological polar surface area (TPSA) is 146 Å². The van der Waals surface area contributed by atoms with Crippen LogP contribution in [-0.4, -0.2) is 107 Å². The van der Waals surface area contributed by atoms with Gasteiger partial charge in [0.15, 0.2) is 6.29 Å². The van der Waals surface area contributed by atoms with Crippen LogP contribution in [0.4, 0.5) is 52.6 Å². The molecule has 10 rings (SSSR count). The standard InChI is InChI=1S/C56H55F7N10O5/c1-35(2)73-52(75)72(31-55(73,37-6-8-38(57)9-7-37)53(3,4)29-65-51(74)44-25-36(5-20-46(44)59)48-27-49(68-67-48)56(61,62)63)42-13-11-40(12-14-42)69-21-23-70(24-22-69)41-15-17-43(18-16-41)76-28-50-77-32-54(78-50,30-71-34-64-33-66-71)45-19-10-39(58)26-47(45)60/h5-20,25-27,33-35,50H,21-24,28-32H2,1-4H3,(H,65,74)(H,67,68)/t50-,54+,55?/m0/s1. The molecular weight excluding hydrogens is 1030 g/mol. The number of urea groups is 1. The lowest BCUT2D eigenvalue weighted by Crippen LogP contribution is -2.60. The van der Waals surface area contributed by atoms with E-state index in [1.54, 1.807) is 21.9 Å². The van der Waals surface area contributed by atoms with Crippen LogP contribution in [0.2, 0.25) is 0 Å². The molecule has 5 heterocycles. The van der Waals surface area contributed by atoms with Gasteiger partial charge in [0, 0.05) is 78.4 Å². The first-order valence-corrected chi connectivity index (χ1v) is 25.2. The third-order valence-electron chi connectivity index (χ3n) is 14.8. The summed E-state index contributed by atoms with van der Waals surface area (Å²) < 4.78 is 119. The van der Waals surface area contributed by atoms with Crippen LogP contribution >= 0.6 is 0 Å². The summed E-state index contributed by atoms with van der Waals surface area (Å²) in [5.41, 5.74) is -1.78. The van der Waals surface area contributed by atoms with Crippen LogP contribution in [0.15, 0.2) is 128 Å². The normalized spacial score (nSPS) is 20.1. The fourth-order valence-electron chi connectivity index (χ4n) is 10.8. The molecule has 0 aliphatic carbocycles. The fourth-order valence-corrected chi connectivity index (χ4v) is 10.8. The maximum absolute atomic E-state index is 15.3. The first kappa shape index (κ1) is 53.4. The van der Waals surface area contributed by atoms with E-state index < -0.39 is 75.5 Å². The van der Waals surface area contributed by atoms with Crippen LogP contribution in [0, 0.1) is 28.7 Å². The number of nitrogens with zero attached hydrogens (tertiary/aromatic N) is 8. The van der Waals surface area contributed by atoms with Crippen LogP contribution < -0.4 is 24.8 Å². The van der Waals surface area contributed by atoms with Crippen molar-refractivity contribution in [1.29, 1.82) is 0 Å². The van der Waals surface area contributed by atoms with Crippen molar-refractivity contribution in [3.63, 3.8) is 0 Å². The number of amides is 3. The number of anilines is 3. The molecule has 7 aromatic rings. The van der Waals surface area contributed by atoms with Crippen molar-refractivity contribution >= 4 is 29.0 Å². The monoisotopic (exact) mass is 1080 g/mol. The summed E-state index contributed by atoms with van der Waals surface area (Å²) in [6, 6.07) is 28.0. The molecular formula is C56H55F7N10O5. The summed E-state index contributed by atoms with van der Waals surface area (Å²) in [7, 11) is 0. The second kappa shape index (κ2) is 21.1. The number of aromatic nitrogens is 5. The van der Waals surface area contributed by atoms with Gasteiger partial charge in [0.2, 0.25) is 0 Å². The molecule has 408 valence electrons. The lowest BCUT2D eigenvalue weighted by molar-refractivity contribution is -0.141. The molecule has 0 saturated carbocycles. The van der Waals surface area contributed by atoms with E-state index >= 15 is 8.78 Å². The van der Waals surface area contributed by atoms with Gasteiger partial charge in [-0.3, -0.25) is 14.8 Å². The smallest absolute Gasteiger partial charge is 0.432 e. The third kappa shape index (κ3) is 10.4. The zero-order valence-corrected chi connectivity index (χ0v) is 42.9. The number of aromatic amines is 1. The number of carbonyl (C=O) groups excluding carboxylic acids is 2. The molecule has 1 unspecified atom stereocenters. The highest BCUT2D eigenvalue weighted by Crippen LogP contribution is 2.51. The second-order valence-corrected chi connectivity index (χ2v) is 20.5. The molecule has 3 atom stereocenters. The molecule has 15 nitrogen and oxygen atoms in total. The molecule has 0 radical (unpaired) electrons. The summed E-state index contributed by atoms with van der Waals surface area (Å²) in [6.45, 7) is 10.3. The highest BCUT2D eigenvalue weighted by Gasteiger charge is 2.60. The van der Waals surface area contributed by atoms with Gasteiger partial charge in [-0.1, -0.05) is 32.0 Å². The van der Waals surface area contributed by atoms with E-state index in [0.717, 1.165) is 35.6 Å². The number of halogens is 7. The average Bonchev–Trinajstić information content (AvgIpc) is 4.34. The largest absolute Gasteiger partial charge is 0.488 e. The second-order valence-electron chi connectivity index (χ2n) is 20.5. The van der Waals surface area contributed by atoms with Gasteiger partial charge in [0.05, 0.1) is 36.5 Å². The van der Waals surface area contributed by atoms with Crippen LogP contribution in [0.3, 0.4) is 0 Å². The minimum absolute atomic E-state index is 0.00646. The Labute approximate surface area is 444 Å². The summed E-state index contributed by atoms with van der Waals surface area (Å²) >= 11 is 0. The van der Waals surface area contributed by atoms with E-state index in [9.17, 15) is 31.5 Å². The van der Waals surface area contributed by atoms with Crippen molar-refractivity contribution in [2.24, 2.45) is 5.41 Å². The van der Waals surface area contributed by atoms with E-state index in [1.165, 1.54) is 47.7 Å². The number of alkyl halides is 3. The SMILES string of the molecule is CC(C)N1C(=O)N(c2ccc(N3CCN(c4ccc(OC[C@H]5OC[C@](Cn6cncn6)(c6ccc(F)cc6F)O5)cc4)CC3)cc2)CC1(c1ccc(F)cc1)C(C)(C)CNC(=O)c1cc(-c2cc(C(F)(F)F)[nH]n2)ccc1F. The van der Waals surface area contributed by atoms with Crippen LogP contribution in [0.25, 0.3) is 11.3 Å². The lowest BCUT2D eigenvalue weighted by atomic mass is 9.66. The first-order valence-electron chi connectivity index (χ1n) is 25.2. The van der Waals surface area contributed by atoms with Crippen molar-refractivity contribution in [2.45, 2.75) is 63.9 Å². The average molecular weight is 1080 g/mol. The summed E-state index contributed by atoms with van der Waals surface area (Å²) in [5.74, 6) is -3.12. The molecule has 3 aliphatic rings. The van der Waals surface area contributed by atoms with Crippen molar-refractivity contribution in [1.82, 2.24) is 35.2 Å². The summed E-state index contributed by atoms with van der Waals surface area (Å²) in [6.07, 6.45) is -2.72. The van der Waals surface area contributed by atoms with Gasteiger partial charge in [-0.05, 0) is 110 Å². The number of rotatable bonds is 16. The number of hydrogen-bond donors (Lipinski definition) is 2. The number of benzene rings is 5. The third-order valence-corrected chi connectivity index (χ3v) is 14.8. The Morgan fingerprint density at radius 1 is 0.821 bits per heavy atom. The first-order chi connectivity index (χ1) is 37.2.